The minimum absolute atomic E-state index is 0.331. The number of hydrogen-bond acceptors (Lipinski definition) is 1. The van der Waals surface area contributed by atoms with Gasteiger partial charge in [-0.2, -0.15) is 0 Å². The third-order valence-electron chi connectivity index (χ3n) is 3.11. The van der Waals surface area contributed by atoms with Crippen molar-refractivity contribution in [3.8, 4) is 0 Å². The molecule has 0 radical (unpaired) electrons. The summed E-state index contributed by atoms with van der Waals surface area (Å²) in [6.07, 6.45) is 4.84. The molecule has 0 N–H and O–H groups in total. The second-order valence-corrected chi connectivity index (χ2v) is 4.02. The number of carbonyl (C=O) groups excluding carboxylic acids is 1. The number of ketones is 1. The molecule has 0 heterocycles. The van der Waals surface area contributed by atoms with Crippen LogP contribution in [0.3, 0.4) is 0 Å². The molecule has 1 aromatic rings. The Morgan fingerprint density at radius 3 is 2.67 bits per heavy atom. The molecule has 0 amide bonds. The Labute approximate surface area is 90.8 Å². The van der Waals surface area contributed by atoms with Crippen molar-refractivity contribution < 1.29 is 4.79 Å². The van der Waals surface area contributed by atoms with Crippen molar-refractivity contribution >= 4 is 5.78 Å². The predicted molar refractivity (Wildman–Crippen MR) is 61.8 cm³/mol. The van der Waals surface area contributed by atoms with Gasteiger partial charge in [0.25, 0.3) is 0 Å². The van der Waals surface area contributed by atoms with Gasteiger partial charge in [-0.3, -0.25) is 4.79 Å². The molecule has 1 fully saturated rings. The highest BCUT2D eigenvalue weighted by molar-refractivity contribution is 5.97. The Hall–Kier alpha value is -1.37. The normalized spacial score (nSPS) is 24.5. The molecule has 78 valence electrons. The Morgan fingerprint density at radius 1 is 1.27 bits per heavy atom. The topological polar surface area (TPSA) is 17.1 Å². The van der Waals surface area contributed by atoms with Gasteiger partial charge in [-0.15, -0.1) is 0 Å². The molecule has 15 heavy (non-hydrogen) atoms. The van der Waals surface area contributed by atoms with Gasteiger partial charge < -0.3 is 0 Å². The second kappa shape index (κ2) is 4.43. The van der Waals surface area contributed by atoms with Crippen molar-refractivity contribution in [2.24, 2.45) is 0 Å². The van der Waals surface area contributed by atoms with Gasteiger partial charge in [0.2, 0.25) is 0 Å². The van der Waals surface area contributed by atoms with Gasteiger partial charge in [0.1, 0.15) is 0 Å². The van der Waals surface area contributed by atoms with Gasteiger partial charge in [-0.1, -0.05) is 36.4 Å². The fourth-order valence-corrected chi connectivity index (χ4v) is 2.35. The Morgan fingerprint density at radius 2 is 2.00 bits per heavy atom. The molecule has 0 spiro atoms. The lowest BCUT2D eigenvalue weighted by Crippen LogP contribution is -2.17. The summed E-state index contributed by atoms with van der Waals surface area (Å²) in [5.41, 5.74) is 2.28. The summed E-state index contributed by atoms with van der Waals surface area (Å²) in [6.45, 7) is 1.97. The lowest BCUT2D eigenvalue weighted by molar-refractivity contribution is -0.116. The van der Waals surface area contributed by atoms with E-state index < -0.39 is 0 Å². The summed E-state index contributed by atoms with van der Waals surface area (Å²) in [5, 5.41) is 0. The number of allylic oxidation sites excluding steroid dienone is 2. The monoisotopic (exact) mass is 200 g/mol. The van der Waals surface area contributed by atoms with E-state index in [0.29, 0.717) is 11.7 Å². The fraction of sp³-hybridized carbons (Fsp3) is 0.357. The summed E-state index contributed by atoms with van der Waals surface area (Å²) < 4.78 is 0. The third kappa shape index (κ3) is 2.01. The Balaban J connectivity index is 2.32. The first kappa shape index (κ1) is 10.2. The quantitative estimate of drug-likeness (QED) is 0.634. The Bertz CT molecular complexity index is 376. The van der Waals surface area contributed by atoms with E-state index >= 15 is 0 Å². The molecule has 1 aromatic carbocycles. The van der Waals surface area contributed by atoms with Crippen LogP contribution in [0.1, 0.15) is 37.7 Å². The fourth-order valence-electron chi connectivity index (χ4n) is 2.35. The van der Waals surface area contributed by atoms with Crippen LogP contribution in [-0.2, 0) is 4.79 Å². The van der Waals surface area contributed by atoms with Gasteiger partial charge in [0, 0.05) is 12.3 Å². The first-order valence-electron chi connectivity index (χ1n) is 5.57. The smallest absolute Gasteiger partial charge is 0.159 e. The standard InChI is InChI=1S/C14H16O/c1-2-12-13(9-6-10-14(12)15)11-7-4-3-5-8-11/h2-5,7-8,13H,6,9-10H2,1H3/b12-2-/t13-/m0/s1. The minimum atomic E-state index is 0.331. The molecular weight excluding hydrogens is 184 g/mol. The van der Waals surface area contributed by atoms with E-state index in [2.05, 4.69) is 12.1 Å². The molecule has 1 aliphatic rings. The molecule has 1 heteroatoms. The van der Waals surface area contributed by atoms with Crippen LogP contribution in [0, 0.1) is 0 Å². The summed E-state index contributed by atoms with van der Waals surface area (Å²) in [7, 11) is 0. The van der Waals surface area contributed by atoms with Crippen LogP contribution in [0.25, 0.3) is 0 Å². The number of Topliss-reactive ketones (excluding diaryl/α,β-unsaturated/α-hetero) is 1. The Kier molecular flexibility index (Phi) is 3.00. The highest BCUT2D eigenvalue weighted by Gasteiger charge is 2.25. The zero-order valence-corrected chi connectivity index (χ0v) is 9.07. The maximum absolute atomic E-state index is 11.7. The first-order chi connectivity index (χ1) is 7.33. The number of carbonyl (C=O) groups is 1. The average molecular weight is 200 g/mol. The number of benzene rings is 1. The third-order valence-corrected chi connectivity index (χ3v) is 3.11. The van der Waals surface area contributed by atoms with Crippen molar-refractivity contribution in [3.63, 3.8) is 0 Å². The van der Waals surface area contributed by atoms with Crippen LogP contribution in [0.15, 0.2) is 42.0 Å². The van der Waals surface area contributed by atoms with Crippen molar-refractivity contribution in [2.45, 2.75) is 32.1 Å². The van der Waals surface area contributed by atoms with Crippen LogP contribution in [0.2, 0.25) is 0 Å². The van der Waals surface area contributed by atoms with Crippen LogP contribution >= 0.6 is 0 Å². The highest BCUT2D eigenvalue weighted by atomic mass is 16.1. The van der Waals surface area contributed by atoms with Gasteiger partial charge in [-0.05, 0) is 30.9 Å². The maximum Gasteiger partial charge on any atom is 0.159 e. The second-order valence-electron chi connectivity index (χ2n) is 4.02. The summed E-state index contributed by atoms with van der Waals surface area (Å²) in [6, 6.07) is 10.3. The zero-order valence-electron chi connectivity index (χ0n) is 9.07. The van der Waals surface area contributed by atoms with E-state index in [1.165, 1.54) is 5.56 Å². The van der Waals surface area contributed by atoms with Crippen molar-refractivity contribution in [3.05, 3.63) is 47.5 Å². The van der Waals surface area contributed by atoms with Crippen LogP contribution in [-0.4, -0.2) is 5.78 Å². The van der Waals surface area contributed by atoms with Crippen LogP contribution in [0.4, 0.5) is 0 Å². The molecule has 1 saturated carbocycles. The summed E-state index contributed by atoms with van der Waals surface area (Å²) >= 11 is 0. The molecule has 0 aromatic heterocycles. The molecular formula is C14H16O. The summed E-state index contributed by atoms with van der Waals surface area (Å²) in [5.74, 6) is 0.662. The van der Waals surface area contributed by atoms with Gasteiger partial charge >= 0.3 is 0 Å². The molecule has 0 saturated heterocycles. The molecule has 0 bridgehead atoms. The number of rotatable bonds is 1. The first-order valence-corrected chi connectivity index (χ1v) is 5.57. The van der Waals surface area contributed by atoms with E-state index in [0.717, 1.165) is 24.8 Å². The van der Waals surface area contributed by atoms with Crippen LogP contribution in [0.5, 0.6) is 0 Å². The van der Waals surface area contributed by atoms with Gasteiger partial charge in [-0.25, -0.2) is 0 Å². The molecule has 2 rings (SSSR count). The zero-order chi connectivity index (χ0) is 10.7. The summed E-state index contributed by atoms with van der Waals surface area (Å²) in [4.78, 5) is 11.7. The van der Waals surface area contributed by atoms with Gasteiger partial charge in [0.05, 0.1) is 0 Å². The average Bonchev–Trinajstić information content (AvgIpc) is 2.30. The maximum atomic E-state index is 11.7. The lowest BCUT2D eigenvalue weighted by atomic mass is 9.79. The van der Waals surface area contributed by atoms with E-state index in [-0.39, 0.29) is 0 Å². The largest absolute Gasteiger partial charge is 0.295 e. The molecule has 1 atom stereocenters. The van der Waals surface area contributed by atoms with E-state index in [1.54, 1.807) is 0 Å². The van der Waals surface area contributed by atoms with Crippen molar-refractivity contribution in [2.75, 3.05) is 0 Å². The van der Waals surface area contributed by atoms with E-state index in [9.17, 15) is 4.79 Å². The molecule has 1 nitrogen and oxygen atoms in total. The predicted octanol–water partition coefficient (Wildman–Crippen LogP) is 3.47. The number of hydrogen-bond donors (Lipinski definition) is 0. The highest BCUT2D eigenvalue weighted by Crippen LogP contribution is 2.34. The minimum Gasteiger partial charge on any atom is -0.295 e. The van der Waals surface area contributed by atoms with Gasteiger partial charge in [0.15, 0.2) is 5.78 Å². The molecule has 0 aliphatic heterocycles. The SMILES string of the molecule is C/C=C1\C(=O)CCC[C@H]1c1ccccc1. The lowest BCUT2D eigenvalue weighted by Gasteiger charge is -2.24. The molecule has 0 unspecified atom stereocenters. The van der Waals surface area contributed by atoms with Crippen LogP contribution < -0.4 is 0 Å². The van der Waals surface area contributed by atoms with Crippen molar-refractivity contribution in [1.82, 2.24) is 0 Å². The van der Waals surface area contributed by atoms with Crippen molar-refractivity contribution in [1.29, 1.82) is 0 Å². The molecule has 1 aliphatic carbocycles. The van der Waals surface area contributed by atoms with E-state index in [4.69, 9.17) is 0 Å². The van der Waals surface area contributed by atoms with E-state index in [1.807, 2.05) is 31.2 Å².